The van der Waals surface area contributed by atoms with Crippen LogP contribution in [0, 0.1) is 5.82 Å². The van der Waals surface area contributed by atoms with Crippen molar-refractivity contribution in [2.45, 2.75) is 12.5 Å². The Morgan fingerprint density at radius 1 is 1.47 bits per heavy atom. The molecule has 15 heavy (non-hydrogen) atoms. The lowest BCUT2D eigenvalue weighted by Crippen LogP contribution is -2.06. The van der Waals surface area contributed by atoms with Crippen molar-refractivity contribution < 1.29 is 9.50 Å². The number of aliphatic hydroxyl groups is 1. The fourth-order valence-electron chi connectivity index (χ4n) is 1.37. The molecule has 0 fully saturated rings. The number of halogens is 1. The van der Waals surface area contributed by atoms with Crippen LogP contribution in [0.4, 0.5) is 4.39 Å². The van der Waals surface area contributed by atoms with E-state index < -0.39 is 11.9 Å². The van der Waals surface area contributed by atoms with E-state index in [0.717, 1.165) is 5.56 Å². The lowest BCUT2D eigenvalue weighted by atomic mass is 10.1. The van der Waals surface area contributed by atoms with Crippen LogP contribution in [0.3, 0.4) is 0 Å². The number of aliphatic hydroxyl groups excluding tert-OH is 1. The molecule has 0 spiro atoms. The summed E-state index contributed by atoms with van der Waals surface area (Å²) in [6, 6.07) is 4.73. The predicted molar refractivity (Wildman–Crippen MR) is 57.2 cm³/mol. The highest BCUT2D eigenvalue weighted by Gasteiger charge is 2.14. The summed E-state index contributed by atoms with van der Waals surface area (Å²) in [6.07, 6.45) is 1.01. The summed E-state index contributed by atoms with van der Waals surface area (Å²) >= 11 is 1.56. The van der Waals surface area contributed by atoms with Crippen LogP contribution >= 0.6 is 11.3 Å². The van der Waals surface area contributed by atoms with Crippen molar-refractivity contribution in [2.24, 2.45) is 0 Å². The van der Waals surface area contributed by atoms with Crippen LogP contribution in [0.5, 0.6) is 0 Å². The zero-order chi connectivity index (χ0) is 10.7. The van der Waals surface area contributed by atoms with Gasteiger partial charge >= 0.3 is 0 Å². The lowest BCUT2D eigenvalue weighted by molar-refractivity contribution is 0.168. The molecule has 2 aromatic rings. The quantitative estimate of drug-likeness (QED) is 0.867. The molecule has 0 aliphatic carbocycles. The molecule has 0 aromatic carbocycles. The molecule has 1 unspecified atom stereocenters. The minimum Gasteiger partial charge on any atom is -0.386 e. The Morgan fingerprint density at radius 2 is 2.33 bits per heavy atom. The molecule has 0 saturated carbocycles. The van der Waals surface area contributed by atoms with Crippen molar-refractivity contribution in [3.63, 3.8) is 0 Å². The molecule has 2 heterocycles. The average molecular weight is 223 g/mol. The molecule has 2 aromatic heterocycles. The van der Waals surface area contributed by atoms with Crippen molar-refractivity contribution in [1.82, 2.24) is 4.98 Å². The Hall–Kier alpha value is -1.26. The molecule has 0 aliphatic rings. The van der Waals surface area contributed by atoms with Gasteiger partial charge in [0.25, 0.3) is 0 Å². The van der Waals surface area contributed by atoms with E-state index in [2.05, 4.69) is 4.98 Å². The number of hydrogen-bond acceptors (Lipinski definition) is 3. The zero-order valence-electron chi connectivity index (χ0n) is 7.93. The number of nitrogens with zero attached hydrogens (tertiary/aromatic N) is 1. The summed E-state index contributed by atoms with van der Waals surface area (Å²) < 4.78 is 13.2. The first kappa shape index (κ1) is 10.3. The van der Waals surface area contributed by atoms with E-state index in [4.69, 9.17) is 0 Å². The van der Waals surface area contributed by atoms with Crippen molar-refractivity contribution in [1.29, 1.82) is 0 Å². The number of thiophene rings is 1. The molecule has 0 radical (unpaired) electrons. The van der Waals surface area contributed by atoms with E-state index in [9.17, 15) is 9.50 Å². The maximum atomic E-state index is 13.2. The van der Waals surface area contributed by atoms with Crippen LogP contribution in [0.1, 0.15) is 17.4 Å². The first-order valence-electron chi connectivity index (χ1n) is 4.57. The molecular weight excluding hydrogens is 213 g/mol. The highest BCUT2D eigenvalue weighted by atomic mass is 32.1. The molecule has 0 bridgehead atoms. The largest absolute Gasteiger partial charge is 0.386 e. The molecule has 1 N–H and O–H groups in total. The topological polar surface area (TPSA) is 33.1 Å². The van der Waals surface area contributed by atoms with Gasteiger partial charge in [-0.25, -0.2) is 4.39 Å². The van der Waals surface area contributed by atoms with E-state index in [1.165, 1.54) is 18.3 Å². The normalized spacial score (nSPS) is 12.7. The van der Waals surface area contributed by atoms with Gasteiger partial charge in [0.15, 0.2) is 0 Å². The second-order valence-electron chi connectivity index (χ2n) is 3.22. The third-order valence-electron chi connectivity index (χ3n) is 2.11. The standard InChI is InChI=1S/C11H10FNOS/c12-9-2-1-4-13-11(9)10(14)6-8-3-5-15-7-8/h1-5,7,10,14H,6H2. The number of aromatic nitrogens is 1. The minimum absolute atomic E-state index is 0.115. The maximum absolute atomic E-state index is 13.2. The summed E-state index contributed by atoms with van der Waals surface area (Å²) in [6.45, 7) is 0. The average Bonchev–Trinajstić information content (AvgIpc) is 2.71. The van der Waals surface area contributed by atoms with Gasteiger partial charge in [0.05, 0.1) is 0 Å². The molecule has 78 valence electrons. The van der Waals surface area contributed by atoms with Crippen LogP contribution in [-0.2, 0) is 6.42 Å². The van der Waals surface area contributed by atoms with E-state index >= 15 is 0 Å². The van der Waals surface area contributed by atoms with Gasteiger partial charge in [-0.15, -0.1) is 0 Å². The van der Waals surface area contributed by atoms with Gasteiger partial charge in [0, 0.05) is 12.6 Å². The summed E-state index contributed by atoms with van der Waals surface area (Å²) in [4.78, 5) is 3.84. The van der Waals surface area contributed by atoms with Crippen LogP contribution in [0.15, 0.2) is 35.2 Å². The molecule has 0 amide bonds. The van der Waals surface area contributed by atoms with Crippen molar-refractivity contribution >= 4 is 11.3 Å². The molecule has 0 saturated heterocycles. The summed E-state index contributed by atoms with van der Waals surface area (Å²) in [5.74, 6) is -0.458. The van der Waals surface area contributed by atoms with Gasteiger partial charge in [-0.2, -0.15) is 11.3 Å². The summed E-state index contributed by atoms with van der Waals surface area (Å²) in [5.41, 5.74) is 1.11. The molecule has 4 heteroatoms. The first-order valence-corrected chi connectivity index (χ1v) is 5.51. The highest BCUT2D eigenvalue weighted by molar-refractivity contribution is 7.07. The van der Waals surface area contributed by atoms with Crippen molar-refractivity contribution in [2.75, 3.05) is 0 Å². The SMILES string of the molecule is OC(Cc1ccsc1)c1ncccc1F. The molecule has 0 aliphatic heterocycles. The zero-order valence-corrected chi connectivity index (χ0v) is 8.75. The van der Waals surface area contributed by atoms with E-state index in [0.29, 0.717) is 6.42 Å². The number of rotatable bonds is 3. The van der Waals surface area contributed by atoms with Crippen LogP contribution < -0.4 is 0 Å². The van der Waals surface area contributed by atoms with E-state index in [1.54, 1.807) is 11.3 Å². The molecule has 2 nitrogen and oxygen atoms in total. The van der Waals surface area contributed by atoms with Crippen LogP contribution in [0.2, 0.25) is 0 Å². The Morgan fingerprint density at radius 3 is 3.00 bits per heavy atom. The van der Waals surface area contributed by atoms with E-state index in [-0.39, 0.29) is 5.69 Å². The summed E-state index contributed by atoms with van der Waals surface area (Å²) in [5, 5.41) is 13.6. The van der Waals surface area contributed by atoms with Crippen LogP contribution in [-0.4, -0.2) is 10.1 Å². The third kappa shape index (κ3) is 2.40. The monoisotopic (exact) mass is 223 g/mol. The smallest absolute Gasteiger partial charge is 0.147 e. The third-order valence-corrected chi connectivity index (χ3v) is 2.84. The number of pyridine rings is 1. The molecule has 2 rings (SSSR count). The fraction of sp³-hybridized carbons (Fsp3) is 0.182. The second-order valence-corrected chi connectivity index (χ2v) is 4.00. The van der Waals surface area contributed by atoms with Gasteiger partial charge in [-0.05, 0) is 34.5 Å². The maximum Gasteiger partial charge on any atom is 0.147 e. The highest BCUT2D eigenvalue weighted by Crippen LogP contribution is 2.19. The van der Waals surface area contributed by atoms with Crippen molar-refractivity contribution in [3.8, 4) is 0 Å². The lowest BCUT2D eigenvalue weighted by Gasteiger charge is -2.09. The Labute approximate surface area is 91.0 Å². The van der Waals surface area contributed by atoms with Gasteiger partial charge in [0.2, 0.25) is 0 Å². The molecule has 1 atom stereocenters. The van der Waals surface area contributed by atoms with Gasteiger partial charge in [0.1, 0.15) is 17.6 Å². The number of hydrogen-bond donors (Lipinski definition) is 1. The Kier molecular flexibility index (Phi) is 3.08. The molecular formula is C11H10FNOS. The second kappa shape index (κ2) is 4.51. The van der Waals surface area contributed by atoms with E-state index in [1.807, 2.05) is 16.8 Å². The predicted octanol–water partition coefficient (Wildman–Crippen LogP) is 2.56. The van der Waals surface area contributed by atoms with Gasteiger partial charge in [-0.1, -0.05) is 0 Å². The van der Waals surface area contributed by atoms with Crippen molar-refractivity contribution in [3.05, 3.63) is 52.2 Å². The summed E-state index contributed by atoms with van der Waals surface area (Å²) in [7, 11) is 0. The first-order chi connectivity index (χ1) is 7.27. The Bertz CT molecular complexity index is 430. The van der Waals surface area contributed by atoms with Crippen LogP contribution in [0.25, 0.3) is 0 Å². The minimum atomic E-state index is -0.874. The Balaban J connectivity index is 2.15. The van der Waals surface area contributed by atoms with Gasteiger partial charge in [-0.3, -0.25) is 4.98 Å². The van der Waals surface area contributed by atoms with Gasteiger partial charge < -0.3 is 5.11 Å². The fourth-order valence-corrected chi connectivity index (χ4v) is 2.05.